The maximum absolute atomic E-state index is 11.4. The van der Waals surface area contributed by atoms with Crippen molar-refractivity contribution in [3.05, 3.63) is 28.8 Å². The summed E-state index contributed by atoms with van der Waals surface area (Å²) in [6.07, 6.45) is 0. The smallest absolute Gasteiger partial charge is 0.320 e. The molecule has 1 aromatic carbocycles. The van der Waals surface area contributed by atoms with Crippen molar-refractivity contribution < 1.29 is 14.3 Å². The van der Waals surface area contributed by atoms with Gasteiger partial charge in [0, 0.05) is 12.1 Å². The van der Waals surface area contributed by atoms with E-state index in [9.17, 15) is 4.79 Å². The molecule has 1 rings (SSSR count). The molecule has 0 saturated heterocycles. The van der Waals surface area contributed by atoms with Crippen molar-refractivity contribution >= 4 is 5.97 Å². The maximum atomic E-state index is 11.4. The van der Waals surface area contributed by atoms with Gasteiger partial charge in [-0.25, -0.2) is 0 Å². The van der Waals surface area contributed by atoms with Gasteiger partial charge in [-0.2, -0.15) is 0 Å². The van der Waals surface area contributed by atoms with E-state index in [2.05, 4.69) is 19.9 Å². The molecule has 0 heterocycles. The van der Waals surface area contributed by atoms with E-state index in [1.807, 2.05) is 24.9 Å². The fourth-order valence-corrected chi connectivity index (χ4v) is 1.94. The number of ether oxygens (including phenoxy) is 2. The molecule has 0 unspecified atom stereocenters. The molecule has 4 nitrogen and oxygen atoms in total. The first kappa shape index (κ1) is 15.5. The van der Waals surface area contributed by atoms with E-state index in [-0.39, 0.29) is 12.5 Å². The van der Waals surface area contributed by atoms with Crippen LogP contribution in [0.15, 0.2) is 12.1 Å². The van der Waals surface area contributed by atoms with Gasteiger partial charge in [0.15, 0.2) is 0 Å². The van der Waals surface area contributed by atoms with Crippen LogP contribution in [-0.4, -0.2) is 38.2 Å². The molecule has 19 heavy (non-hydrogen) atoms. The Morgan fingerprint density at radius 1 is 1.26 bits per heavy atom. The number of nitrogens with zero attached hydrogens (tertiary/aromatic N) is 1. The molecule has 106 valence electrons. The van der Waals surface area contributed by atoms with E-state index >= 15 is 0 Å². The summed E-state index contributed by atoms with van der Waals surface area (Å²) in [5.74, 6) is 0.659. The summed E-state index contributed by atoms with van der Waals surface area (Å²) in [4.78, 5) is 13.3. The van der Waals surface area contributed by atoms with Crippen molar-refractivity contribution in [2.24, 2.45) is 0 Å². The third-order valence-electron chi connectivity index (χ3n) is 3.04. The minimum absolute atomic E-state index is 0.201. The molecule has 0 fully saturated rings. The Hall–Kier alpha value is -1.55. The zero-order chi connectivity index (χ0) is 14.4. The number of esters is 1. The van der Waals surface area contributed by atoms with Crippen LogP contribution < -0.4 is 4.74 Å². The van der Waals surface area contributed by atoms with Crippen LogP contribution >= 0.6 is 0 Å². The molecule has 0 N–H and O–H groups in total. The fraction of sp³-hybridized carbons (Fsp3) is 0.533. The Morgan fingerprint density at radius 3 is 2.47 bits per heavy atom. The normalized spacial score (nSPS) is 10.6. The first-order valence-corrected chi connectivity index (χ1v) is 6.46. The number of likely N-dealkylation sites (N-methyl/N-ethyl adjacent to an activating group) is 1. The maximum Gasteiger partial charge on any atom is 0.320 e. The summed E-state index contributed by atoms with van der Waals surface area (Å²) >= 11 is 0. The second-order valence-electron chi connectivity index (χ2n) is 4.73. The highest BCUT2D eigenvalue weighted by Crippen LogP contribution is 2.24. The lowest BCUT2D eigenvalue weighted by atomic mass is 10.0. The van der Waals surface area contributed by atoms with Gasteiger partial charge in [0.2, 0.25) is 0 Å². The van der Waals surface area contributed by atoms with Crippen LogP contribution in [0.3, 0.4) is 0 Å². The van der Waals surface area contributed by atoms with Crippen LogP contribution in [0.2, 0.25) is 0 Å². The van der Waals surface area contributed by atoms with Crippen molar-refractivity contribution in [1.82, 2.24) is 4.90 Å². The fourth-order valence-electron chi connectivity index (χ4n) is 1.94. The molecule has 0 radical (unpaired) electrons. The highest BCUT2D eigenvalue weighted by molar-refractivity contribution is 5.71. The summed E-state index contributed by atoms with van der Waals surface area (Å²) in [6, 6.07) is 4.14. The average molecular weight is 265 g/mol. The Morgan fingerprint density at radius 2 is 1.89 bits per heavy atom. The monoisotopic (exact) mass is 265 g/mol. The largest absolute Gasteiger partial charge is 0.496 e. The van der Waals surface area contributed by atoms with Crippen LogP contribution in [0.5, 0.6) is 5.75 Å². The zero-order valence-electron chi connectivity index (χ0n) is 12.4. The van der Waals surface area contributed by atoms with Crippen molar-refractivity contribution in [1.29, 1.82) is 0 Å². The van der Waals surface area contributed by atoms with Crippen molar-refractivity contribution in [3.63, 3.8) is 0 Å². The number of hydrogen-bond acceptors (Lipinski definition) is 4. The SMILES string of the molecule is CCOC(=O)CN(C)Cc1cc(C)c(C)cc1OC. The molecule has 1 aromatic rings. The highest BCUT2D eigenvalue weighted by atomic mass is 16.5. The number of hydrogen-bond donors (Lipinski definition) is 0. The van der Waals surface area contributed by atoms with Crippen LogP contribution in [0, 0.1) is 13.8 Å². The number of carbonyl (C=O) groups is 1. The third kappa shape index (κ3) is 4.56. The van der Waals surface area contributed by atoms with Gasteiger partial charge in [-0.1, -0.05) is 6.07 Å². The Balaban J connectivity index is 2.75. The predicted octanol–water partition coefficient (Wildman–Crippen LogP) is 2.31. The quantitative estimate of drug-likeness (QED) is 0.740. The first-order chi connectivity index (χ1) is 8.97. The summed E-state index contributed by atoms with van der Waals surface area (Å²) in [7, 11) is 3.56. The number of rotatable bonds is 6. The van der Waals surface area contributed by atoms with E-state index < -0.39 is 0 Å². The standard InChI is InChI=1S/C15H23NO3/c1-6-19-15(17)10-16(4)9-13-7-11(2)12(3)8-14(13)18-5/h7-8H,6,9-10H2,1-5H3. The first-order valence-electron chi connectivity index (χ1n) is 6.46. The second-order valence-corrected chi connectivity index (χ2v) is 4.73. The Labute approximate surface area is 115 Å². The molecular weight excluding hydrogens is 242 g/mol. The Bertz CT molecular complexity index is 443. The molecule has 0 bridgehead atoms. The number of carbonyl (C=O) groups excluding carboxylic acids is 1. The second kappa shape index (κ2) is 7.14. The van der Waals surface area contributed by atoms with Gasteiger partial charge in [-0.3, -0.25) is 9.69 Å². The summed E-state index contributed by atoms with van der Waals surface area (Å²) in [6.45, 7) is 7.30. The van der Waals surface area contributed by atoms with Gasteiger partial charge >= 0.3 is 5.97 Å². The van der Waals surface area contributed by atoms with Crippen molar-refractivity contribution in [2.75, 3.05) is 27.3 Å². The lowest BCUT2D eigenvalue weighted by Crippen LogP contribution is -2.27. The summed E-state index contributed by atoms with van der Waals surface area (Å²) in [5, 5.41) is 0. The topological polar surface area (TPSA) is 38.8 Å². The molecule has 0 spiro atoms. The lowest BCUT2D eigenvalue weighted by molar-refractivity contribution is -0.144. The average Bonchev–Trinajstić information content (AvgIpc) is 2.33. The van der Waals surface area contributed by atoms with Crippen LogP contribution in [0.25, 0.3) is 0 Å². The molecular formula is C15H23NO3. The molecule has 0 aliphatic heterocycles. The van der Waals surface area contributed by atoms with E-state index in [1.54, 1.807) is 7.11 Å². The molecule has 0 aromatic heterocycles. The predicted molar refractivity (Wildman–Crippen MR) is 75.4 cm³/mol. The molecule has 0 aliphatic carbocycles. The van der Waals surface area contributed by atoms with Gasteiger partial charge in [0.25, 0.3) is 0 Å². The van der Waals surface area contributed by atoms with Gasteiger partial charge < -0.3 is 9.47 Å². The molecule has 0 amide bonds. The molecule has 4 heteroatoms. The van der Waals surface area contributed by atoms with Gasteiger partial charge in [0.05, 0.1) is 20.3 Å². The Kier molecular flexibility index (Phi) is 5.83. The van der Waals surface area contributed by atoms with Crippen LogP contribution in [0.1, 0.15) is 23.6 Å². The summed E-state index contributed by atoms with van der Waals surface area (Å²) in [5.41, 5.74) is 3.51. The van der Waals surface area contributed by atoms with Crippen LogP contribution in [0.4, 0.5) is 0 Å². The van der Waals surface area contributed by atoms with Gasteiger partial charge in [-0.15, -0.1) is 0 Å². The van der Waals surface area contributed by atoms with Crippen molar-refractivity contribution in [2.45, 2.75) is 27.3 Å². The molecule has 0 saturated carbocycles. The third-order valence-corrected chi connectivity index (χ3v) is 3.04. The zero-order valence-corrected chi connectivity index (χ0v) is 12.4. The molecule has 0 atom stereocenters. The van der Waals surface area contributed by atoms with Crippen LogP contribution in [-0.2, 0) is 16.1 Å². The molecule has 0 aliphatic rings. The lowest BCUT2D eigenvalue weighted by Gasteiger charge is -2.18. The van der Waals surface area contributed by atoms with E-state index in [1.165, 1.54) is 11.1 Å². The number of methoxy groups -OCH3 is 1. The summed E-state index contributed by atoms with van der Waals surface area (Å²) < 4.78 is 10.3. The van der Waals surface area contributed by atoms with Crippen molar-refractivity contribution in [3.8, 4) is 5.75 Å². The van der Waals surface area contributed by atoms with Gasteiger partial charge in [0.1, 0.15) is 5.75 Å². The minimum atomic E-state index is -0.201. The van der Waals surface area contributed by atoms with E-state index in [0.29, 0.717) is 13.2 Å². The van der Waals surface area contributed by atoms with E-state index in [0.717, 1.165) is 11.3 Å². The minimum Gasteiger partial charge on any atom is -0.496 e. The van der Waals surface area contributed by atoms with E-state index in [4.69, 9.17) is 9.47 Å². The van der Waals surface area contributed by atoms with Gasteiger partial charge in [-0.05, 0) is 45.0 Å². The number of aryl methyl sites for hydroxylation is 2. The highest BCUT2D eigenvalue weighted by Gasteiger charge is 2.11. The number of benzene rings is 1.